The molecule has 0 aromatic heterocycles. The van der Waals surface area contributed by atoms with E-state index in [-0.39, 0.29) is 5.78 Å². The van der Waals surface area contributed by atoms with E-state index in [4.69, 9.17) is 4.74 Å². The quantitative estimate of drug-likeness (QED) is 0.767. The Balaban J connectivity index is 1.77. The van der Waals surface area contributed by atoms with Crippen LogP contribution in [-0.2, 0) is 12.8 Å². The zero-order valence-corrected chi connectivity index (χ0v) is 12.3. The third-order valence-electron chi connectivity index (χ3n) is 4.07. The van der Waals surface area contributed by atoms with Gasteiger partial charge in [-0.05, 0) is 48.9 Å². The first kappa shape index (κ1) is 13.9. The van der Waals surface area contributed by atoms with E-state index in [0.29, 0.717) is 12.0 Å². The fourth-order valence-electron chi connectivity index (χ4n) is 2.90. The highest BCUT2D eigenvalue weighted by atomic mass is 16.5. The smallest absolute Gasteiger partial charge is 0.203 e. The SMILES string of the molecule is CCC(Oc1ccc2c(c1)CCC2)C(=O)c1ccccc1. The number of Topliss-reactive ketones (excluding diaryl/α,β-unsaturated/α-hetero) is 1. The summed E-state index contributed by atoms with van der Waals surface area (Å²) in [6.07, 6.45) is 3.77. The molecule has 0 saturated carbocycles. The first-order valence-corrected chi connectivity index (χ1v) is 7.65. The predicted octanol–water partition coefficient (Wildman–Crippen LogP) is 4.22. The van der Waals surface area contributed by atoms with Crippen LogP contribution in [0.25, 0.3) is 0 Å². The van der Waals surface area contributed by atoms with Crippen molar-refractivity contribution in [3.05, 3.63) is 65.2 Å². The Morgan fingerprint density at radius 2 is 1.86 bits per heavy atom. The van der Waals surface area contributed by atoms with Gasteiger partial charge in [-0.1, -0.05) is 43.3 Å². The second kappa shape index (κ2) is 6.13. The highest BCUT2D eigenvalue weighted by molar-refractivity contribution is 5.99. The van der Waals surface area contributed by atoms with Crippen molar-refractivity contribution in [1.29, 1.82) is 0 Å². The molecule has 0 aliphatic heterocycles. The molecule has 0 spiro atoms. The highest BCUT2D eigenvalue weighted by Crippen LogP contribution is 2.27. The van der Waals surface area contributed by atoms with Gasteiger partial charge in [0, 0.05) is 5.56 Å². The maximum absolute atomic E-state index is 12.5. The lowest BCUT2D eigenvalue weighted by Gasteiger charge is -2.17. The minimum absolute atomic E-state index is 0.0543. The van der Waals surface area contributed by atoms with Crippen LogP contribution in [0.2, 0.25) is 0 Å². The van der Waals surface area contributed by atoms with Crippen LogP contribution in [0.1, 0.15) is 41.3 Å². The molecule has 0 amide bonds. The molecule has 2 nitrogen and oxygen atoms in total. The number of aryl methyl sites for hydroxylation is 2. The Morgan fingerprint density at radius 1 is 1.10 bits per heavy atom. The molecular formula is C19H20O2. The summed E-state index contributed by atoms with van der Waals surface area (Å²) in [7, 11) is 0. The van der Waals surface area contributed by atoms with Crippen LogP contribution in [0.15, 0.2) is 48.5 Å². The summed E-state index contributed by atoms with van der Waals surface area (Å²) in [5.74, 6) is 0.866. The van der Waals surface area contributed by atoms with Crippen LogP contribution in [-0.4, -0.2) is 11.9 Å². The molecule has 108 valence electrons. The van der Waals surface area contributed by atoms with Crippen LogP contribution >= 0.6 is 0 Å². The molecule has 21 heavy (non-hydrogen) atoms. The molecular weight excluding hydrogens is 260 g/mol. The van der Waals surface area contributed by atoms with E-state index in [2.05, 4.69) is 12.1 Å². The van der Waals surface area contributed by atoms with Crippen molar-refractivity contribution in [1.82, 2.24) is 0 Å². The molecule has 0 fully saturated rings. The van der Waals surface area contributed by atoms with Crippen molar-refractivity contribution in [2.45, 2.75) is 38.7 Å². The molecule has 0 saturated heterocycles. The van der Waals surface area contributed by atoms with E-state index in [1.807, 2.05) is 43.3 Å². The zero-order chi connectivity index (χ0) is 14.7. The van der Waals surface area contributed by atoms with Gasteiger partial charge in [-0.2, -0.15) is 0 Å². The topological polar surface area (TPSA) is 26.3 Å². The van der Waals surface area contributed by atoms with E-state index < -0.39 is 6.10 Å². The Bertz CT molecular complexity index is 631. The minimum atomic E-state index is -0.410. The van der Waals surface area contributed by atoms with Crippen LogP contribution in [0.3, 0.4) is 0 Å². The number of fused-ring (bicyclic) bond motifs is 1. The monoisotopic (exact) mass is 280 g/mol. The fourth-order valence-corrected chi connectivity index (χ4v) is 2.90. The Hall–Kier alpha value is -2.09. The molecule has 3 rings (SSSR count). The minimum Gasteiger partial charge on any atom is -0.482 e. The second-order valence-corrected chi connectivity index (χ2v) is 5.53. The molecule has 1 aliphatic carbocycles. The Morgan fingerprint density at radius 3 is 2.62 bits per heavy atom. The van der Waals surface area contributed by atoms with Crippen molar-refractivity contribution in [3.8, 4) is 5.75 Å². The Labute approximate surface area is 125 Å². The van der Waals surface area contributed by atoms with Gasteiger partial charge in [0.25, 0.3) is 0 Å². The molecule has 2 heteroatoms. The predicted molar refractivity (Wildman–Crippen MR) is 83.9 cm³/mol. The molecule has 0 bridgehead atoms. The molecule has 0 radical (unpaired) electrons. The number of hydrogen-bond acceptors (Lipinski definition) is 2. The first-order valence-electron chi connectivity index (χ1n) is 7.65. The summed E-state index contributed by atoms with van der Waals surface area (Å²) < 4.78 is 5.96. The van der Waals surface area contributed by atoms with E-state index in [0.717, 1.165) is 18.6 Å². The van der Waals surface area contributed by atoms with Gasteiger partial charge in [0.05, 0.1) is 0 Å². The lowest BCUT2D eigenvalue weighted by Crippen LogP contribution is -2.26. The largest absolute Gasteiger partial charge is 0.482 e. The molecule has 1 aliphatic rings. The number of ketones is 1. The summed E-state index contributed by atoms with van der Waals surface area (Å²) in [6.45, 7) is 1.98. The third kappa shape index (κ3) is 2.99. The lowest BCUT2D eigenvalue weighted by molar-refractivity contribution is 0.0786. The molecule has 0 N–H and O–H groups in total. The number of carbonyl (C=O) groups is 1. The normalized spacial score (nSPS) is 14.5. The van der Waals surface area contributed by atoms with E-state index in [9.17, 15) is 4.79 Å². The lowest BCUT2D eigenvalue weighted by atomic mass is 10.0. The first-order chi connectivity index (χ1) is 10.3. The average molecular weight is 280 g/mol. The zero-order valence-electron chi connectivity index (χ0n) is 12.3. The number of rotatable bonds is 5. The molecule has 2 aromatic carbocycles. The van der Waals surface area contributed by atoms with Crippen LogP contribution in [0.5, 0.6) is 5.75 Å². The van der Waals surface area contributed by atoms with E-state index >= 15 is 0 Å². The standard InChI is InChI=1S/C19H20O2/c1-2-18(19(20)15-7-4-3-5-8-15)21-17-12-11-14-9-6-10-16(14)13-17/h3-5,7-8,11-13,18H,2,6,9-10H2,1H3. The maximum atomic E-state index is 12.5. The maximum Gasteiger partial charge on any atom is 0.203 e. The molecule has 1 atom stereocenters. The van der Waals surface area contributed by atoms with Gasteiger partial charge >= 0.3 is 0 Å². The van der Waals surface area contributed by atoms with E-state index in [1.165, 1.54) is 17.5 Å². The number of hydrogen-bond donors (Lipinski definition) is 0. The van der Waals surface area contributed by atoms with Crippen LogP contribution in [0, 0.1) is 0 Å². The number of carbonyl (C=O) groups excluding carboxylic acids is 1. The van der Waals surface area contributed by atoms with E-state index in [1.54, 1.807) is 0 Å². The average Bonchev–Trinajstić information content (AvgIpc) is 3.00. The summed E-state index contributed by atoms with van der Waals surface area (Å²) in [4.78, 5) is 12.5. The van der Waals surface area contributed by atoms with Gasteiger partial charge in [-0.15, -0.1) is 0 Å². The molecule has 2 aromatic rings. The van der Waals surface area contributed by atoms with Crippen molar-refractivity contribution >= 4 is 5.78 Å². The van der Waals surface area contributed by atoms with Crippen molar-refractivity contribution in [2.75, 3.05) is 0 Å². The summed E-state index contributed by atoms with van der Waals surface area (Å²) in [5.41, 5.74) is 3.50. The van der Waals surface area contributed by atoms with Crippen molar-refractivity contribution in [2.24, 2.45) is 0 Å². The van der Waals surface area contributed by atoms with Crippen LogP contribution in [0.4, 0.5) is 0 Å². The van der Waals surface area contributed by atoms with Crippen molar-refractivity contribution in [3.63, 3.8) is 0 Å². The third-order valence-corrected chi connectivity index (χ3v) is 4.07. The second-order valence-electron chi connectivity index (χ2n) is 5.53. The fraction of sp³-hybridized carbons (Fsp3) is 0.316. The molecule has 1 unspecified atom stereocenters. The highest BCUT2D eigenvalue weighted by Gasteiger charge is 2.20. The van der Waals surface area contributed by atoms with Gasteiger partial charge in [0.15, 0.2) is 6.10 Å². The summed E-state index contributed by atoms with van der Waals surface area (Å²) >= 11 is 0. The van der Waals surface area contributed by atoms with Gasteiger partial charge in [0.1, 0.15) is 5.75 Å². The Kier molecular flexibility index (Phi) is 4.05. The van der Waals surface area contributed by atoms with Gasteiger partial charge in [-0.25, -0.2) is 0 Å². The molecule has 0 heterocycles. The number of ether oxygens (including phenoxy) is 1. The van der Waals surface area contributed by atoms with Crippen molar-refractivity contribution < 1.29 is 9.53 Å². The summed E-state index contributed by atoms with van der Waals surface area (Å²) in [5, 5.41) is 0. The van der Waals surface area contributed by atoms with Gasteiger partial charge in [0.2, 0.25) is 5.78 Å². The van der Waals surface area contributed by atoms with Gasteiger partial charge in [-0.3, -0.25) is 4.79 Å². The van der Waals surface area contributed by atoms with Crippen LogP contribution < -0.4 is 4.74 Å². The number of benzene rings is 2. The van der Waals surface area contributed by atoms with Gasteiger partial charge < -0.3 is 4.74 Å². The summed E-state index contributed by atoms with van der Waals surface area (Å²) in [6, 6.07) is 15.6.